The molecule has 0 radical (unpaired) electrons. The predicted molar refractivity (Wildman–Crippen MR) is 74.0 cm³/mol. The Morgan fingerprint density at radius 3 is 2.53 bits per heavy atom. The monoisotopic (exact) mass is 327 g/mol. The molecule has 8 heteroatoms. The summed E-state index contributed by atoms with van der Waals surface area (Å²) in [6.45, 7) is 1.48. The van der Waals surface area contributed by atoms with Crippen molar-refractivity contribution in [3.63, 3.8) is 0 Å². The molecule has 0 saturated carbocycles. The predicted octanol–water partition coefficient (Wildman–Crippen LogP) is 1.80. The fourth-order valence-electron chi connectivity index (χ4n) is 1.29. The number of hydrogen-bond acceptors (Lipinski definition) is 4. The number of sulfonamides is 1. The third kappa shape index (κ3) is 4.30. The average molecular weight is 328 g/mol. The van der Waals surface area contributed by atoms with E-state index in [0.29, 0.717) is 5.56 Å². The van der Waals surface area contributed by atoms with Crippen LogP contribution in [0.5, 0.6) is 0 Å². The Kier molecular flexibility index (Phi) is 6.04. The van der Waals surface area contributed by atoms with Crippen molar-refractivity contribution in [3.8, 4) is 0 Å². The average Bonchev–Trinajstić information content (AvgIpc) is 2.35. The molecule has 0 spiro atoms. The Bertz CT molecular complexity index is 548. The molecule has 0 heterocycles. The number of methoxy groups -OCH3 is 1. The summed E-state index contributed by atoms with van der Waals surface area (Å²) in [5, 5.41) is 9.31. The Morgan fingerprint density at radius 1 is 1.37 bits per heavy atom. The number of rotatable bonds is 6. The van der Waals surface area contributed by atoms with Gasteiger partial charge in [-0.05, 0) is 24.6 Å². The summed E-state index contributed by atoms with van der Waals surface area (Å²) >= 11 is 11.7. The second-order valence-corrected chi connectivity index (χ2v) is 6.48. The minimum Gasteiger partial charge on any atom is -0.392 e. The van der Waals surface area contributed by atoms with Crippen molar-refractivity contribution >= 4 is 33.2 Å². The molecular weight excluding hydrogens is 313 g/mol. The molecule has 1 aromatic carbocycles. The molecule has 1 atom stereocenters. The molecule has 1 aromatic rings. The van der Waals surface area contributed by atoms with E-state index in [4.69, 9.17) is 33.0 Å². The van der Waals surface area contributed by atoms with E-state index in [9.17, 15) is 8.42 Å². The highest BCUT2D eigenvalue weighted by Crippen LogP contribution is 2.28. The van der Waals surface area contributed by atoms with Crippen LogP contribution in [0.25, 0.3) is 0 Å². The minimum absolute atomic E-state index is 0.000213. The topological polar surface area (TPSA) is 75.6 Å². The van der Waals surface area contributed by atoms with Crippen LogP contribution in [0.3, 0.4) is 0 Å². The van der Waals surface area contributed by atoms with Gasteiger partial charge in [-0.15, -0.1) is 0 Å². The molecule has 1 unspecified atom stereocenters. The molecule has 1 rings (SSSR count). The molecule has 0 aliphatic carbocycles. The van der Waals surface area contributed by atoms with E-state index in [-0.39, 0.29) is 34.2 Å². The van der Waals surface area contributed by atoms with Crippen molar-refractivity contribution in [2.75, 3.05) is 13.7 Å². The van der Waals surface area contributed by atoms with E-state index in [1.54, 1.807) is 6.92 Å². The molecule has 0 aromatic heterocycles. The lowest BCUT2D eigenvalue weighted by Gasteiger charge is -2.13. The summed E-state index contributed by atoms with van der Waals surface area (Å²) in [6.07, 6.45) is -0.266. The molecule has 19 heavy (non-hydrogen) atoms. The lowest BCUT2D eigenvalue weighted by molar-refractivity contribution is 0.122. The SMILES string of the molecule is COC(C)CNS(=O)(=O)c1cc(CO)c(Cl)cc1Cl. The Morgan fingerprint density at radius 2 is 2.00 bits per heavy atom. The van der Waals surface area contributed by atoms with Gasteiger partial charge in [-0.2, -0.15) is 0 Å². The molecule has 5 nitrogen and oxygen atoms in total. The van der Waals surface area contributed by atoms with Gasteiger partial charge in [0.15, 0.2) is 0 Å². The van der Waals surface area contributed by atoms with Crippen LogP contribution in [0, 0.1) is 0 Å². The van der Waals surface area contributed by atoms with Crippen LogP contribution in [-0.4, -0.2) is 33.3 Å². The number of hydrogen-bond donors (Lipinski definition) is 2. The maximum absolute atomic E-state index is 12.1. The van der Waals surface area contributed by atoms with Crippen LogP contribution in [0.1, 0.15) is 12.5 Å². The Hall–Kier alpha value is -0.370. The lowest BCUT2D eigenvalue weighted by atomic mass is 10.2. The van der Waals surface area contributed by atoms with Gasteiger partial charge in [0.25, 0.3) is 0 Å². The summed E-state index contributed by atoms with van der Waals surface area (Å²) in [5.74, 6) is 0. The van der Waals surface area contributed by atoms with Crippen molar-refractivity contribution in [1.82, 2.24) is 4.72 Å². The third-order valence-electron chi connectivity index (χ3n) is 2.52. The van der Waals surface area contributed by atoms with Crippen molar-refractivity contribution in [2.45, 2.75) is 24.5 Å². The minimum atomic E-state index is -3.78. The molecule has 0 aliphatic rings. The summed E-state index contributed by atoms with van der Waals surface area (Å²) in [6, 6.07) is 2.55. The molecule has 0 bridgehead atoms. The first-order chi connectivity index (χ1) is 8.81. The maximum atomic E-state index is 12.1. The van der Waals surface area contributed by atoms with E-state index in [1.807, 2.05) is 0 Å². The maximum Gasteiger partial charge on any atom is 0.242 e. The van der Waals surface area contributed by atoms with Crippen LogP contribution >= 0.6 is 23.2 Å². The fraction of sp³-hybridized carbons (Fsp3) is 0.455. The van der Waals surface area contributed by atoms with Crippen molar-refractivity contribution in [3.05, 3.63) is 27.7 Å². The highest BCUT2D eigenvalue weighted by molar-refractivity contribution is 7.89. The summed E-state index contributed by atoms with van der Waals surface area (Å²) in [7, 11) is -2.29. The standard InChI is InChI=1S/C11H15Cl2NO4S/c1-7(18-2)5-14-19(16,17)11-3-8(6-15)9(12)4-10(11)13/h3-4,7,14-15H,5-6H2,1-2H3. The summed E-state index contributed by atoms with van der Waals surface area (Å²) in [4.78, 5) is -0.120. The van der Waals surface area contributed by atoms with Crippen LogP contribution in [0.4, 0.5) is 0 Å². The second kappa shape index (κ2) is 6.88. The zero-order valence-corrected chi connectivity index (χ0v) is 12.8. The second-order valence-electron chi connectivity index (χ2n) is 3.93. The Balaban J connectivity index is 3.07. The first-order valence-electron chi connectivity index (χ1n) is 5.43. The lowest BCUT2D eigenvalue weighted by Crippen LogP contribution is -2.31. The molecule has 0 aliphatic heterocycles. The number of aliphatic hydroxyl groups excluding tert-OH is 1. The number of nitrogens with one attached hydrogen (secondary N) is 1. The molecule has 2 N–H and O–H groups in total. The van der Waals surface area contributed by atoms with Crippen LogP contribution < -0.4 is 4.72 Å². The zero-order valence-electron chi connectivity index (χ0n) is 10.5. The van der Waals surface area contributed by atoms with Gasteiger partial charge in [0.1, 0.15) is 4.90 Å². The van der Waals surface area contributed by atoms with E-state index in [0.717, 1.165) is 0 Å². The van der Waals surface area contributed by atoms with Gasteiger partial charge in [0.2, 0.25) is 10.0 Å². The van der Waals surface area contributed by atoms with Crippen molar-refractivity contribution in [2.24, 2.45) is 0 Å². The first-order valence-corrected chi connectivity index (χ1v) is 7.67. The summed E-state index contributed by atoms with van der Waals surface area (Å²) < 4.78 is 31.5. The Labute approximate surface area is 122 Å². The molecule has 0 amide bonds. The van der Waals surface area contributed by atoms with Gasteiger partial charge in [0.05, 0.1) is 17.7 Å². The van der Waals surface area contributed by atoms with Gasteiger partial charge < -0.3 is 9.84 Å². The number of benzene rings is 1. The zero-order chi connectivity index (χ0) is 14.6. The van der Waals surface area contributed by atoms with Crippen LogP contribution in [0.2, 0.25) is 10.0 Å². The van der Waals surface area contributed by atoms with Gasteiger partial charge >= 0.3 is 0 Å². The molecular formula is C11H15Cl2NO4S. The summed E-state index contributed by atoms with van der Waals surface area (Å²) in [5.41, 5.74) is 0.297. The largest absolute Gasteiger partial charge is 0.392 e. The van der Waals surface area contributed by atoms with Crippen LogP contribution in [-0.2, 0) is 21.4 Å². The molecule has 0 saturated heterocycles. The van der Waals surface area contributed by atoms with E-state index in [2.05, 4.69) is 4.72 Å². The number of halogens is 2. The van der Waals surface area contributed by atoms with Crippen LogP contribution in [0.15, 0.2) is 17.0 Å². The van der Waals surface area contributed by atoms with Gasteiger partial charge in [-0.25, -0.2) is 13.1 Å². The van der Waals surface area contributed by atoms with Crippen molar-refractivity contribution < 1.29 is 18.3 Å². The first kappa shape index (κ1) is 16.7. The van der Waals surface area contributed by atoms with Gasteiger partial charge in [0, 0.05) is 18.7 Å². The molecule has 108 valence electrons. The molecule has 0 fully saturated rings. The highest BCUT2D eigenvalue weighted by atomic mass is 35.5. The van der Waals surface area contributed by atoms with Crippen molar-refractivity contribution in [1.29, 1.82) is 0 Å². The smallest absolute Gasteiger partial charge is 0.242 e. The number of aliphatic hydroxyl groups is 1. The van der Waals surface area contributed by atoms with Gasteiger partial charge in [-0.1, -0.05) is 23.2 Å². The fourth-order valence-corrected chi connectivity index (χ4v) is 3.26. The quantitative estimate of drug-likeness (QED) is 0.835. The normalized spacial score (nSPS) is 13.5. The third-order valence-corrected chi connectivity index (χ3v) is 4.76. The van der Waals surface area contributed by atoms with E-state index >= 15 is 0 Å². The van der Waals surface area contributed by atoms with E-state index in [1.165, 1.54) is 19.2 Å². The number of ether oxygens (including phenoxy) is 1. The highest BCUT2D eigenvalue weighted by Gasteiger charge is 2.20. The van der Waals surface area contributed by atoms with E-state index < -0.39 is 10.0 Å². The van der Waals surface area contributed by atoms with Gasteiger partial charge in [-0.3, -0.25) is 0 Å².